The van der Waals surface area contributed by atoms with Crippen molar-refractivity contribution in [3.8, 4) is 6.08 Å². The molecule has 2 heterocycles. The van der Waals surface area contributed by atoms with Gasteiger partial charge in [-0.3, -0.25) is 4.52 Å². The molecule has 5 heteroatoms. The highest BCUT2D eigenvalue weighted by Gasteiger charge is 2.21. The van der Waals surface area contributed by atoms with Crippen LogP contribution < -0.4 is 10.1 Å². The minimum absolute atomic E-state index is 0.248. The van der Waals surface area contributed by atoms with E-state index < -0.39 is 0 Å². The summed E-state index contributed by atoms with van der Waals surface area (Å²) in [7, 11) is 0. The van der Waals surface area contributed by atoms with Gasteiger partial charge in [0.15, 0.2) is 5.82 Å². The molecule has 1 aliphatic heterocycles. The number of nitrogens with zero attached hydrogens (tertiary/aromatic N) is 2. The molecule has 1 saturated heterocycles. The van der Waals surface area contributed by atoms with Gasteiger partial charge in [0.2, 0.25) is 0 Å². The predicted octanol–water partition coefficient (Wildman–Crippen LogP) is 0.893. The van der Waals surface area contributed by atoms with E-state index in [0.29, 0.717) is 12.4 Å². The van der Waals surface area contributed by atoms with Gasteiger partial charge in [0.05, 0.1) is 12.6 Å². The van der Waals surface area contributed by atoms with Crippen LogP contribution in [-0.4, -0.2) is 23.3 Å². The maximum Gasteiger partial charge on any atom is 0.417 e. The van der Waals surface area contributed by atoms with Crippen LogP contribution in [0.15, 0.2) is 4.52 Å². The standard InChI is InChI=1S/C8H13N3O2/c1-2-12-8-10-7(11-13-8)6-4-3-5-9-6/h6,9H,2-5H2,1H3. The first kappa shape index (κ1) is 8.50. The van der Waals surface area contributed by atoms with Gasteiger partial charge in [0, 0.05) is 0 Å². The van der Waals surface area contributed by atoms with E-state index in [4.69, 9.17) is 9.26 Å². The summed E-state index contributed by atoms with van der Waals surface area (Å²) in [6, 6.07) is 0.248. The SMILES string of the molecule is CCOc1nc(C2CCCN2)no1. The lowest BCUT2D eigenvalue weighted by molar-refractivity contribution is 0.215. The van der Waals surface area contributed by atoms with Crippen LogP contribution in [-0.2, 0) is 0 Å². The van der Waals surface area contributed by atoms with Gasteiger partial charge in [-0.25, -0.2) is 0 Å². The molecule has 0 saturated carbocycles. The summed E-state index contributed by atoms with van der Waals surface area (Å²) in [6.45, 7) is 3.47. The molecule has 1 fully saturated rings. The fourth-order valence-corrected chi connectivity index (χ4v) is 1.45. The zero-order chi connectivity index (χ0) is 9.10. The topological polar surface area (TPSA) is 60.2 Å². The van der Waals surface area contributed by atoms with Gasteiger partial charge in [-0.1, -0.05) is 5.16 Å². The molecule has 0 radical (unpaired) electrons. The third-order valence-corrected chi connectivity index (χ3v) is 2.06. The summed E-state index contributed by atoms with van der Waals surface area (Å²) >= 11 is 0. The molecule has 1 aliphatic rings. The van der Waals surface area contributed by atoms with Gasteiger partial charge in [0.1, 0.15) is 0 Å². The lowest BCUT2D eigenvalue weighted by atomic mass is 10.2. The predicted molar refractivity (Wildman–Crippen MR) is 45.4 cm³/mol. The number of hydrogen-bond acceptors (Lipinski definition) is 5. The molecule has 0 spiro atoms. The first-order valence-electron chi connectivity index (χ1n) is 4.60. The highest BCUT2D eigenvalue weighted by molar-refractivity contribution is 4.98. The molecular formula is C8H13N3O2. The summed E-state index contributed by atoms with van der Waals surface area (Å²) in [5, 5.41) is 7.13. The lowest BCUT2D eigenvalue weighted by Gasteiger charge is -2.01. The highest BCUT2D eigenvalue weighted by atomic mass is 16.6. The minimum atomic E-state index is 0.248. The normalized spacial score (nSPS) is 22.1. The Kier molecular flexibility index (Phi) is 2.44. The molecule has 2 rings (SSSR count). The summed E-state index contributed by atoms with van der Waals surface area (Å²) in [4.78, 5) is 4.12. The van der Waals surface area contributed by atoms with Crippen molar-refractivity contribution in [1.82, 2.24) is 15.5 Å². The van der Waals surface area contributed by atoms with Crippen molar-refractivity contribution in [3.63, 3.8) is 0 Å². The smallest absolute Gasteiger partial charge is 0.417 e. The molecule has 0 aliphatic carbocycles. The Balaban J connectivity index is 2.03. The molecule has 0 amide bonds. The van der Waals surface area contributed by atoms with E-state index in [1.165, 1.54) is 6.42 Å². The number of hydrogen-bond donors (Lipinski definition) is 1. The summed E-state index contributed by atoms with van der Waals surface area (Å²) in [5.41, 5.74) is 0. The van der Waals surface area contributed by atoms with E-state index in [0.717, 1.165) is 13.0 Å². The van der Waals surface area contributed by atoms with E-state index in [1.807, 2.05) is 6.92 Å². The van der Waals surface area contributed by atoms with Crippen molar-refractivity contribution < 1.29 is 9.26 Å². The second-order valence-electron chi connectivity index (χ2n) is 3.00. The highest BCUT2D eigenvalue weighted by Crippen LogP contribution is 2.21. The average molecular weight is 183 g/mol. The zero-order valence-electron chi connectivity index (χ0n) is 7.62. The first-order valence-corrected chi connectivity index (χ1v) is 4.60. The van der Waals surface area contributed by atoms with Gasteiger partial charge in [-0.15, -0.1) is 0 Å². The number of nitrogens with one attached hydrogen (secondary N) is 1. The van der Waals surface area contributed by atoms with Crippen LogP contribution in [0.1, 0.15) is 31.6 Å². The fraction of sp³-hybridized carbons (Fsp3) is 0.750. The average Bonchev–Trinajstić information content (AvgIpc) is 2.70. The Labute approximate surface area is 76.5 Å². The quantitative estimate of drug-likeness (QED) is 0.754. The van der Waals surface area contributed by atoms with Gasteiger partial charge in [-0.05, 0) is 26.3 Å². The maximum absolute atomic E-state index is 5.08. The van der Waals surface area contributed by atoms with Gasteiger partial charge in [-0.2, -0.15) is 4.98 Å². The molecule has 5 nitrogen and oxygen atoms in total. The van der Waals surface area contributed by atoms with Crippen molar-refractivity contribution in [2.24, 2.45) is 0 Å². The molecule has 13 heavy (non-hydrogen) atoms. The van der Waals surface area contributed by atoms with E-state index in [9.17, 15) is 0 Å². The Morgan fingerprint density at radius 1 is 1.69 bits per heavy atom. The Hall–Kier alpha value is -1.10. The molecule has 1 unspecified atom stereocenters. The summed E-state index contributed by atoms with van der Waals surface area (Å²) in [6.07, 6.45) is 2.51. The van der Waals surface area contributed by atoms with E-state index in [1.54, 1.807) is 0 Å². The van der Waals surface area contributed by atoms with Crippen LogP contribution in [0.4, 0.5) is 0 Å². The van der Waals surface area contributed by atoms with Crippen molar-refractivity contribution in [2.75, 3.05) is 13.2 Å². The number of rotatable bonds is 3. The van der Waals surface area contributed by atoms with Crippen molar-refractivity contribution in [2.45, 2.75) is 25.8 Å². The van der Waals surface area contributed by atoms with Crippen molar-refractivity contribution >= 4 is 0 Å². The van der Waals surface area contributed by atoms with Crippen LogP contribution in [0.5, 0.6) is 6.08 Å². The number of ether oxygens (including phenoxy) is 1. The van der Waals surface area contributed by atoms with Crippen LogP contribution >= 0.6 is 0 Å². The van der Waals surface area contributed by atoms with E-state index >= 15 is 0 Å². The molecule has 1 N–H and O–H groups in total. The molecule has 1 aromatic rings. The van der Waals surface area contributed by atoms with Gasteiger partial charge in [0.25, 0.3) is 0 Å². The molecular weight excluding hydrogens is 170 g/mol. The second kappa shape index (κ2) is 3.74. The molecule has 1 atom stereocenters. The Morgan fingerprint density at radius 3 is 3.31 bits per heavy atom. The zero-order valence-corrected chi connectivity index (χ0v) is 7.62. The molecule has 1 aromatic heterocycles. The third-order valence-electron chi connectivity index (χ3n) is 2.06. The number of aromatic nitrogens is 2. The Morgan fingerprint density at radius 2 is 2.62 bits per heavy atom. The third kappa shape index (κ3) is 1.80. The minimum Gasteiger partial charge on any atom is -0.449 e. The fourth-order valence-electron chi connectivity index (χ4n) is 1.45. The first-order chi connectivity index (χ1) is 6.40. The van der Waals surface area contributed by atoms with Crippen LogP contribution in [0.25, 0.3) is 0 Å². The van der Waals surface area contributed by atoms with Gasteiger partial charge >= 0.3 is 6.08 Å². The van der Waals surface area contributed by atoms with Crippen LogP contribution in [0.2, 0.25) is 0 Å². The van der Waals surface area contributed by atoms with Gasteiger partial charge < -0.3 is 10.1 Å². The summed E-state index contributed by atoms with van der Waals surface area (Å²) < 4.78 is 9.97. The van der Waals surface area contributed by atoms with E-state index in [2.05, 4.69) is 15.5 Å². The van der Waals surface area contributed by atoms with Crippen LogP contribution in [0, 0.1) is 0 Å². The van der Waals surface area contributed by atoms with Crippen molar-refractivity contribution in [1.29, 1.82) is 0 Å². The van der Waals surface area contributed by atoms with Crippen molar-refractivity contribution in [3.05, 3.63) is 5.82 Å². The summed E-state index contributed by atoms with van der Waals surface area (Å²) in [5.74, 6) is 0.709. The lowest BCUT2D eigenvalue weighted by Crippen LogP contribution is -2.14. The second-order valence-corrected chi connectivity index (χ2v) is 3.00. The maximum atomic E-state index is 5.08. The molecule has 0 bridgehead atoms. The molecule has 72 valence electrons. The van der Waals surface area contributed by atoms with E-state index in [-0.39, 0.29) is 12.1 Å². The molecule has 0 aromatic carbocycles. The van der Waals surface area contributed by atoms with Crippen LogP contribution in [0.3, 0.4) is 0 Å². The monoisotopic (exact) mass is 183 g/mol. The Bertz CT molecular complexity index is 268. The largest absolute Gasteiger partial charge is 0.449 e.